The molecular weight excluding hydrogens is 162 g/mol. The van der Waals surface area contributed by atoms with Gasteiger partial charge in [0.05, 0.1) is 0 Å². The van der Waals surface area contributed by atoms with Crippen molar-refractivity contribution in [3.8, 4) is 0 Å². The van der Waals surface area contributed by atoms with Crippen LogP contribution in [0.15, 0.2) is 18.2 Å². The molecule has 1 aromatic carbocycles. The van der Waals surface area contributed by atoms with Crippen LogP contribution in [0.1, 0.15) is 11.1 Å². The molecule has 0 radical (unpaired) electrons. The first-order chi connectivity index (χ1) is 5.79. The molecule has 1 aromatic rings. The van der Waals surface area contributed by atoms with E-state index in [0.717, 1.165) is 0 Å². The largest absolute Gasteiger partial charge is 0.396 e. The molecular formula is C9H10F2O. The zero-order chi connectivity index (χ0) is 8.97. The van der Waals surface area contributed by atoms with Crippen LogP contribution in [-0.4, -0.2) is 11.7 Å². The van der Waals surface area contributed by atoms with Crippen LogP contribution in [0.2, 0.25) is 0 Å². The van der Waals surface area contributed by atoms with E-state index in [1.807, 2.05) is 0 Å². The molecule has 1 rings (SSSR count). The van der Waals surface area contributed by atoms with Gasteiger partial charge in [0, 0.05) is 12.2 Å². The van der Waals surface area contributed by atoms with Crippen LogP contribution in [0.25, 0.3) is 0 Å². The van der Waals surface area contributed by atoms with Gasteiger partial charge in [-0.05, 0) is 18.1 Å². The van der Waals surface area contributed by atoms with E-state index in [2.05, 4.69) is 0 Å². The minimum absolute atomic E-state index is 0.0616. The maximum Gasteiger partial charge on any atom is 0.129 e. The van der Waals surface area contributed by atoms with Crippen molar-refractivity contribution in [1.82, 2.24) is 0 Å². The van der Waals surface area contributed by atoms with E-state index >= 15 is 0 Å². The Morgan fingerprint density at radius 1 is 1.33 bits per heavy atom. The second-order valence-corrected chi connectivity index (χ2v) is 2.48. The zero-order valence-electron chi connectivity index (χ0n) is 6.56. The lowest BCUT2D eigenvalue weighted by Gasteiger charge is -2.04. The van der Waals surface area contributed by atoms with Crippen LogP contribution in [0, 0.1) is 5.82 Å². The Bertz CT molecular complexity index is 261. The third kappa shape index (κ3) is 1.80. The van der Waals surface area contributed by atoms with E-state index in [0.29, 0.717) is 12.0 Å². The molecule has 0 fully saturated rings. The molecule has 0 saturated heterocycles. The molecule has 0 spiro atoms. The molecule has 1 N–H and O–H groups in total. The van der Waals surface area contributed by atoms with Gasteiger partial charge in [-0.1, -0.05) is 12.1 Å². The zero-order valence-corrected chi connectivity index (χ0v) is 6.56. The maximum absolute atomic E-state index is 12.9. The first-order valence-electron chi connectivity index (χ1n) is 3.72. The molecule has 0 unspecified atom stereocenters. The lowest BCUT2D eigenvalue weighted by atomic mass is 10.1. The molecule has 0 aliphatic rings. The van der Waals surface area contributed by atoms with Crippen LogP contribution < -0.4 is 0 Å². The van der Waals surface area contributed by atoms with Gasteiger partial charge in [0.25, 0.3) is 0 Å². The molecule has 0 amide bonds. The second kappa shape index (κ2) is 4.16. The summed E-state index contributed by atoms with van der Waals surface area (Å²) in [6.07, 6.45) is 0.303. The number of alkyl halides is 1. The smallest absolute Gasteiger partial charge is 0.129 e. The van der Waals surface area contributed by atoms with Gasteiger partial charge in [-0.25, -0.2) is 8.78 Å². The van der Waals surface area contributed by atoms with E-state index in [1.165, 1.54) is 12.1 Å². The summed E-state index contributed by atoms with van der Waals surface area (Å²) in [6, 6.07) is 4.35. The van der Waals surface area contributed by atoms with E-state index in [4.69, 9.17) is 5.11 Å². The van der Waals surface area contributed by atoms with Crippen molar-refractivity contribution >= 4 is 0 Å². The number of benzene rings is 1. The minimum atomic E-state index is -0.817. The fraction of sp³-hybridized carbons (Fsp3) is 0.333. The Morgan fingerprint density at radius 3 is 2.67 bits per heavy atom. The fourth-order valence-corrected chi connectivity index (χ4v) is 1.11. The minimum Gasteiger partial charge on any atom is -0.396 e. The number of halogens is 2. The van der Waals surface area contributed by atoms with E-state index < -0.39 is 12.5 Å². The summed E-state index contributed by atoms with van der Waals surface area (Å²) in [6.45, 7) is -0.904. The molecule has 12 heavy (non-hydrogen) atoms. The Balaban J connectivity index is 3.00. The van der Waals surface area contributed by atoms with Gasteiger partial charge in [0.2, 0.25) is 0 Å². The van der Waals surface area contributed by atoms with Gasteiger partial charge in [0.15, 0.2) is 0 Å². The first-order valence-corrected chi connectivity index (χ1v) is 3.72. The van der Waals surface area contributed by atoms with E-state index in [-0.39, 0.29) is 12.2 Å². The van der Waals surface area contributed by atoms with Crippen molar-refractivity contribution in [1.29, 1.82) is 0 Å². The van der Waals surface area contributed by atoms with Crippen molar-refractivity contribution in [3.05, 3.63) is 35.1 Å². The van der Waals surface area contributed by atoms with Crippen LogP contribution in [-0.2, 0) is 13.1 Å². The molecule has 0 aliphatic carbocycles. The summed E-state index contributed by atoms with van der Waals surface area (Å²) >= 11 is 0. The molecule has 0 heterocycles. The highest BCUT2D eigenvalue weighted by Crippen LogP contribution is 2.15. The van der Waals surface area contributed by atoms with Crippen molar-refractivity contribution in [2.24, 2.45) is 0 Å². The molecule has 0 aromatic heterocycles. The summed E-state index contributed by atoms with van der Waals surface area (Å²) in [5, 5.41) is 8.59. The average molecular weight is 172 g/mol. The average Bonchev–Trinajstić information content (AvgIpc) is 2.05. The van der Waals surface area contributed by atoms with E-state index in [9.17, 15) is 8.78 Å². The standard InChI is InChI=1S/C9H10F2O/c10-6-8-7(4-5-12)2-1-3-9(8)11/h1-3,12H,4-6H2. The van der Waals surface area contributed by atoms with Crippen LogP contribution >= 0.6 is 0 Å². The lowest BCUT2D eigenvalue weighted by molar-refractivity contribution is 0.298. The molecule has 66 valence electrons. The molecule has 0 atom stereocenters. The molecule has 0 saturated carbocycles. The topological polar surface area (TPSA) is 20.2 Å². The van der Waals surface area contributed by atoms with Gasteiger partial charge in [0.1, 0.15) is 12.5 Å². The molecule has 0 bridgehead atoms. The third-order valence-electron chi connectivity index (χ3n) is 1.73. The maximum atomic E-state index is 12.9. The fourth-order valence-electron chi connectivity index (χ4n) is 1.11. The second-order valence-electron chi connectivity index (χ2n) is 2.48. The Hall–Kier alpha value is -0.960. The van der Waals surface area contributed by atoms with Gasteiger partial charge in [-0.2, -0.15) is 0 Å². The van der Waals surface area contributed by atoms with Crippen LogP contribution in [0.3, 0.4) is 0 Å². The summed E-state index contributed by atoms with van der Waals surface area (Å²) in [7, 11) is 0. The Morgan fingerprint density at radius 2 is 2.08 bits per heavy atom. The number of aliphatic hydroxyl groups is 1. The van der Waals surface area contributed by atoms with Crippen LogP contribution in [0.4, 0.5) is 8.78 Å². The quantitative estimate of drug-likeness (QED) is 0.737. The van der Waals surface area contributed by atoms with Crippen molar-refractivity contribution < 1.29 is 13.9 Å². The predicted octanol–water partition coefficient (Wildman–Crippen LogP) is 1.83. The van der Waals surface area contributed by atoms with E-state index in [1.54, 1.807) is 6.07 Å². The number of hydrogen-bond donors (Lipinski definition) is 1. The Kier molecular flexibility index (Phi) is 3.17. The third-order valence-corrected chi connectivity index (χ3v) is 1.73. The Labute approximate surface area is 69.7 Å². The lowest BCUT2D eigenvalue weighted by Crippen LogP contribution is -1.98. The van der Waals surface area contributed by atoms with Gasteiger partial charge in [-0.15, -0.1) is 0 Å². The predicted molar refractivity (Wildman–Crippen MR) is 42.0 cm³/mol. The summed E-state index contributed by atoms with van der Waals surface area (Å²) in [4.78, 5) is 0. The molecule has 1 nitrogen and oxygen atoms in total. The van der Waals surface area contributed by atoms with Gasteiger partial charge < -0.3 is 5.11 Å². The van der Waals surface area contributed by atoms with Crippen molar-refractivity contribution in [2.75, 3.05) is 6.61 Å². The molecule has 0 aliphatic heterocycles. The summed E-state index contributed by atoms with van der Waals surface area (Å²) in [5.74, 6) is -0.538. The highest BCUT2D eigenvalue weighted by atomic mass is 19.1. The SMILES string of the molecule is OCCc1cccc(F)c1CF. The van der Waals surface area contributed by atoms with Crippen molar-refractivity contribution in [2.45, 2.75) is 13.1 Å². The highest BCUT2D eigenvalue weighted by Gasteiger charge is 2.06. The van der Waals surface area contributed by atoms with Gasteiger partial charge >= 0.3 is 0 Å². The normalized spacial score (nSPS) is 10.2. The monoisotopic (exact) mass is 172 g/mol. The number of rotatable bonds is 3. The highest BCUT2D eigenvalue weighted by molar-refractivity contribution is 5.28. The van der Waals surface area contributed by atoms with Crippen LogP contribution in [0.5, 0.6) is 0 Å². The number of hydrogen-bond acceptors (Lipinski definition) is 1. The summed E-state index contributed by atoms with van der Waals surface area (Å²) in [5.41, 5.74) is 0.603. The first kappa shape index (κ1) is 9.13. The van der Waals surface area contributed by atoms with Gasteiger partial charge in [-0.3, -0.25) is 0 Å². The van der Waals surface area contributed by atoms with Crippen molar-refractivity contribution in [3.63, 3.8) is 0 Å². The number of aliphatic hydroxyl groups excluding tert-OH is 1. The summed E-state index contributed by atoms with van der Waals surface area (Å²) < 4.78 is 25.1. The molecule has 3 heteroatoms.